The van der Waals surface area contributed by atoms with Crippen LogP contribution in [0.4, 0.5) is 0 Å². The maximum Gasteiger partial charge on any atom is 0.163 e. The first-order valence-corrected chi connectivity index (χ1v) is 11.9. The fourth-order valence-corrected chi connectivity index (χ4v) is 5.08. The SMILES string of the molecule is COc1ccc(CCC(=O)c2ccccc2C(C)C2(C)CN(Cc3ccccc3C)C2)cc1. The van der Waals surface area contributed by atoms with Gasteiger partial charge in [-0.1, -0.05) is 74.5 Å². The van der Waals surface area contributed by atoms with Crippen molar-refractivity contribution < 1.29 is 9.53 Å². The normalized spacial score (nSPS) is 16.1. The summed E-state index contributed by atoms with van der Waals surface area (Å²) in [5.41, 5.74) is 6.17. The van der Waals surface area contributed by atoms with Gasteiger partial charge in [0.25, 0.3) is 0 Å². The smallest absolute Gasteiger partial charge is 0.163 e. The fourth-order valence-electron chi connectivity index (χ4n) is 5.08. The zero-order valence-corrected chi connectivity index (χ0v) is 20.3. The van der Waals surface area contributed by atoms with Crippen LogP contribution in [0.3, 0.4) is 0 Å². The maximum atomic E-state index is 13.2. The van der Waals surface area contributed by atoms with Gasteiger partial charge >= 0.3 is 0 Å². The molecule has 1 unspecified atom stereocenters. The van der Waals surface area contributed by atoms with Crippen LogP contribution in [0.25, 0.3) is 0 Å². The van der Waals surface area contributed by atoms with E-state index in [1.165, 1.54) is 16.7 Å². The maximum absolute atomic E-state index is 13.2. The van der Waals surface area contributed by atoms with Crippen LogP contribution in [0, 0.1) is 12.3 Å². The molecular formula is C30H35NO2. The first-order chi connectivity index (χ1) is 15.9. The molecule has 1 aliphatic rings. The Bertz CT molecular complexity index is 1100. The highest BCUT2D eigenvalue weighted by atomic mass is 16.5. The number of hydrogen-bond acceptors (Lipinski definition) is 3. The third kappa shape index (κ3) is 5.20. The second kappa shape index (κ2) is 9.93. The van der Waals surface area contributed by atoms with E-state index in [0.29, 0.717) is 12.3 Å². The van der Waals surface area contributed by atoms with Crippen molar-refractivity contribution in [3.8, 4) is 5.75 Å². The quantitative estimate of drug-likeness (QED) is 0.358. The Morgan fingerprint density at radius 3 is 2.36 bits per heavy atom. The van der Waals surface area contributed by atoms with Gasteiger partial charge in [-0.05, 0) is 59.1 Å². The molecule has 4 rings (SSSR count). The molecule has 0 aliphatic carbocycles. The van der Waals surface area contributed by atoms with Crippen LogP contribution in [0.1, 0.15) is 58.8 Å². The molecule has 3 heteroatoms. The molecule has 3 aromatic carbocycles. The minimum atomic E-state index is 0.176. The third-order valence-electron chi connectivity index (χ3n) is 7.40. The van der Waals surface area contributed by atoms with Crippen molar-refractivity contribution in [2.45, 2.75) is 46.1 Å². The molecule has 1 saturated heterocycles. The van der Waals surface area contributed by atoms with Gasteiger partial charge < -0.3 is 4.74 Å². The molecule has 0 bridgehead atoms. The predicted molar refractivity (Wildman–Crippen MR) is 135 cm³/mol. The van der Waals surface area contributed by atoms with Gasteiger partial charge in [-0.25, -0.2) is 0 Å². The lowest BCUT2D eigenvalue weighted by Gasteiger charge is -2.52. The lowest BCUT2D eigenvalue weighted by molar-refractivity contribution is -0.00900. The Morgan fingerprint density at radius 2 is 1.67 bits per heavy atom. The molecule has 1 heterocycles. The fraction of sp³-hybridized carbons (Fsp3) is 0.367. The Balaban J connectivity index is 1.41. The Kier molecular flexibility index (Phi) is 6.99. The highest BCUT2D eigenvalue weighted by Gasteiger charge is 2.44. The summed E-state index contributed by atoms with van der Waals surface area (Å²) in [5.74, 6) is 1.40. The molecule has 0 saturated carbocycles. The number of carbonyl (C=O) groups excluding carboxylic acids is 1. The van der Waals surface area contributed by atoms with Crippen LogP contribution in [0.5, 0.6) is 5.75 Å². The largest absolute Gasteiger partial charge is 0.497 e. The minimum Gasteiger partial charge on any atom is -0.497 e. The number of rotatable bonds is 9. The van der Waals surface area contributed by atoms with E-state index in [4.69, 9.17) is 4.74 Å². The van der Waals surface area contributed by atoms with E-state index < -0.39 is 0 Å². The summed E-state index contributed by atoms with van der Waals surface area (Å²) < 4.78 is 5.23. The van der Waals surface area contributed by atoms with Crippen molar-refractivity contribution in [3.63, 3.8) is 0 Å². The molecular weight excluding hydrogens is 406 g/mol. The summed E-state index contributed by atoms with van der Waals surface area (Å²) in [7, 11) is 1.67. The van der Waals surface area contributed by atoms with Crippen LogP contribution in [0.2, 0.25) is 0 Å². The van der Waals surface area contributed by atoms with Gasteiger partial charge in [0.15, 0.2) is 5.78 Å². The highest BCUT2D eigenvalue weighted by molar-refractivity contribution is 5.97. The number of ketones is 1. The van der Waals surface area contributed by atoms with E-state index in [2.05, 4.69) is 62.1 Å². The Hall–Kier alpha value is -2.91. The van der Waals surface area contributed by atoms with E-state index >= 15 is 0 Å². The average Bonchev–Trinajstić information content (AvgIpc) is 2.82. The summed E-state index contributed by atoms with van der Waals surface area (Å²) in [5, 5.41) is 0. The van der Waals surface area contributed by atoms with Gasteiger partial charge in [0, 0.05) is 31.6 Å². The zero-order chi connectivity index (χ0) is 23.4. The lowest BCUT2D eigenvalue weighted by atomic mass is 9.67. The van der Waals surface area contributed by atoms with Gasteiger partial charge in [-0.15, -0.1) is 0 Å². The summed E-state index contributed by atoms with van der Waals surface area (Å²) in [6, 6.07) is 24.8. The van der Waals surface area contributed by atoms with Crippen LogP contribution >= 0.6 is 0 Å². The molecule has 0 N–H and O–H groups in total. The predicted octanol–water partition coefficient (Wildman–Crippen LogP) is 6.44. The number of aryl methyl sites for hydroxylation is 2. The number of benzene rings is 3. The van der Waals surface area contributed by atoms with Crippen molar-refractivity contribution >= 4 is 5.78 Å². The third-order valence-corrected chi connectivity index (χ3v) is 7.40. The molecule has 1 fully saturated rings. The van der Waals surface area contributed by atoms with Crippen molar-refractivity contribution in [2.75, 3.05) is 20.2 Å². The Labute approximate surface area is 198 Å². The first kappa shape index (κ1) is 23.3. The van der Waals surface area contributed by atoms with Gasteiger partial charge in [-0.3, -0.25) is 9.69 Å². The second-order valence-electron chi connectivity index (χ2n) is 9.81. The monoisotopic (exact) mass is 441 g/mol. The molecule has 1 aliphatic heterocycles. The Morgan fingerprint density at radius 1 is 1.00 bits per heavy atom. The van der Waals surface area contributed by atoms with Crippen LogP contribution < -0.4 is 4.74 Å². The van der Waals surface area contributed by atoms with E-state index in [0.717, 1.165) is 42.9 Å². The summed E-state index contributed by atoms with van der Waals surface area (Å²) in [6.07, 6.45) is 1.26. The summed E-state index contributed by atoms with van der Waals surface area (Å²) >= 11 is 0. The van der Waals surface area contributed by atoms with Crippen molar-refractivity contribution in [1.29, 1.82) is 0 Å². The number of hydrogen-bond donors (Lipinski definition) is 0. The minimum absolute atomic E-state index is 0.176. The van der Waals surface area contributed by atoms with Crippen molar-refractivity contribution in [3.05, 3.63) is 101 Å². The molecule has 3 aromatic rings. The van der Waals surface area contributed by atoms with Crippen LogP contribution in [-0.4, -0.2) is 30.9 Å². The van der Waals surface area contributed by atoms with Crippen molar-refractivity contribution in [2.24, 2.45) is 5.41 Å². The summed E-state index contributed by atoms with van der Waals surface area (Å²) in [4.78, 5) is 15.7. The molecule has 3 nitrogen and oxygen atoms in total. The summed E-state index contributed by atoms with van der Waals surface area (Å²) in [6.45, 7) is 9.95. The van der Waals surface area contributed by atoms with Gasteiger partial charge in [0.05, 0.1) is 7.11 Å². The molecule has 1 atom stereocenters. The van der Waals surface area contributed by atoms with E-state index in [1.807, 2.05) is 36.4 Å². The van der Waals surface area contributed by atoms with Crippen LogP contribution in [-0.2, 0) is 13.0 Å². The lowest BCUT2D eigenvalue weighted by Crippen LogP contribution is -2.56. The van der Waals surface area contributed by atoms with E-state index in [1.54, 1.807) is 7.11 Å². The number of nitrogens with zero attached hydrogens (tertiary/aromatic N) is 1. The molecule has 172 valence electrons. The molecule has 0 radical (unpaired) electrons. The van der Waals surface area contributed by atoms with E-state index in [9.17, 15) is 4.79 Å². The number of Topliss-reactive ketones (excluding diaryl/α,β-unsaturated/α-hetero) is 1. The molecule has 0 amide bonds. The first-order valence-electron chi connectivity index (χ1n) is 11.9. The topological polar surface area (TPSA) is 29.5 Å². The van der Waals surface area contributed by atoms with Crippen LogP contribution in [0.15, 0.2) is 72.8 Å². The molecule has 0 aromatic heterocycles. The zero-order valence-electron chi connectivity index (χ0n) is 20.3. The molecule has 33 heavy (non-hydrogen) atoms. The van der Waals surface area contributed by atoms with Gasteiger partial charge in [-0.2, -0.15) is 0 Å². The van der Waals surface area contributed by atoms with Gasteiger partial charge in [0.2, 0.25) is 0 Å². The number of likely N-dealkylation sites (tertiary alicyclic amines) is 1. The number of methoxy groups -OCH3 is 1. The van der Waals surface area contributed by atoms with E-state index in [-0.39, 0.29) is 11.2 Å². The van der Waals surface area contributed by atoms with Crippen molar-refractivity contribution in [1.82, 2.24) is 4.90 Å². The number of carbonyl (C=O) groups is 1. The highest BCUT2D eigenvalue weighted by Crippen LogP contribution is 2.44. The number of ether oxygens (including phenoxy) is 1. The second-order valence-corrected chi connectivity index (χ2v) is 9.81. The molecule has 0 spiro atoms. The standard InChI is InChI=1S/C30H35NO2/c1-22-9-5-6-10-25(22)19-31-20-30(3,21-31)23(2)27-11-7-8-12-28(27)29(32)18-15-24-13-16-26(33-4)17-14-24/h5-14,16-17,23H,15,18-21H2,1-4H3. The average molecular weight is 442 g/mol. The van der Waals surface area contributed by atoms with Gasteiger partial charge in [0.1, 0.15) is 5.75 Å².